The van der Waals surface area contributed by atoms with E-state index in [2.05, 4.69) is 0 Å². The third-order valence-electron chi connectivity index (χ3n) is 2.50. The highest BCUT2D eigenvalue weighted by atomic mass is 35.5. The van der Waals surface area contributed by atoms with Crippen molar-refractivity contribution in [3.05, 3.63) is 45.6 Å². The standard InChI is InChI=1S/C13H13ClO3S/c14-13-6-5-12(18-13)9(7-15)8-17-11-3-1-10(16)2-4-11/h1-6,9,15-16H,7-8H2. The molecule has 2 aromatic rings. The minimum absolute atomic E-state index is 0.00885. The van der Waals surface area contributed by atoms with Gasteiger partial charge < -0.3 is 14.9 Å². The van der Waals surface area contributed by atoms with Gasteiger partial charge in [-0.1, -0.05) is 11.6 Å². The molecule has 5 heteroatoms. The molecule has 0 aliphatic heterocycles. The summed E-state index contributed by atoms with van der Waals surface area (Å²) >= 11 is 7.31. The summed E-state index contributed by atoms with van der Waals surface area (Å²) in [6.07, 6.45) is 0. The molecular weight excluding hydrogens is 272 g/mol. The van der Waals surface area contributed by atoms with Crippen LogP contribution in [0.15, 0.2) is 36.4 Å². The predicted octanol–water partition coefficient (Wildman–Crippen LogP) is 3.26. The zero-order valence-corrected chi connectivity index (χ0v) is 11.1. The first-order valence-electron chi connectivity index (χ1n) is 5.47. The van der Waals surface area contributed by atoms with Crippen LogP contribution >= 0.6 is 22.9 Å². The number of hydrogen-bond acceptors (Lipinski definition) is 4. The Bertz CT molecular complexity index is 495. The second-order valence-electron chi connectivity index (χ2n) is 3.83. The van der Waals surface area contributed by atoms with E-state index in [9.17, 15) is 5.11 Å². The number of halogens is 1. The zero-order chi connectivity index (χ0) is 13.0. The summed E-state index contributed by atoms with van der Waals surface area (Å²) in [5.74, 6) is 0.774. The number of aliphatic hydroxyl groups is 1. The van der Waals surface area contributed by atoms with Crippen LogP contribution in [-0.4, -0.2) is 23.4 Å². The Kier molecular flexibility index (Phi) is 4.47. The number of aliphatic hydroxyl groups excluding tert-OH is 1. The van der Waals surface area contributed by atoms with Gasteiger partial charge in [-0.25, -0.2) is 0 Å². The third kappa shape index (κ3) is 3.38. The average Bonchev–Trinajstić information content (AvgIpc) is 2.79. The van der Waals surface area contributed by atoms with Gasteiger partial charge in [-0.05, 0) is 36.4 Å². The summed E-state index contributed by atoms with van der Waals surface area (Å²) in [5, 5.41) is 18.5. The number of ether oxygens (including phenoxy) is 1. The number of thiophene rings is 1. The molecule has 3 nitrogen and oxygen atoms in total. The van der Waals surface area contributed by atoms with Crippen LogP contribution in [0.1, 0.15) is 10.8 Å². The number of rotatable bonds is 5. The molecule has 1 atom stereocenters. The maximum absolute atomic E-state index is 9.35. The lowest BCUT2D eigenvalue weighted by Crippen LogP contribution is -2.12. The molecule has 0 aliphatic rings. The van der Waals surface area contributed by atoms with Gasteiger partial charge in [0.15, 0.2) is 0 Å². The first kappa shape index (κ1) is 13.2. The van der Waals surface area contributed by atoms with Crippen LogP contribution in [0.3, 0.4) is 0 Å². The Morgan fingerprint density at radius 3 is 2.44 bits per heavy atom. The van der Waals surface area contributed by atoms with E-state index in [1.54, 1.807) is 24.3 Å². The van der Waals surface area contributed by atoms with Crippen LogP contribution in [0.5, 0.6) is 11.5 Å². The molecule has 2 rings (SSSR count). The second-order valence-corrected chi connectivity index (χ2v) is 5.57. The topological polar surface area (TPSA) is 49.7 Å². The largest absolute Gasteiger partial charge is 0.508 e. The van der Waals surface area contributed by atoms with E-state index in [1.807, 2.05) is 12.1 Å². The third-order valence-corrected chi connectivity index (χ3v) is 3.90. The Morgan fingerprint density at radius 1 is 1.17 bits per heavy atom. The minimum Gasteiger partial charge on any atom is -0.508 e. The van der Waals surface area contributed by atoms with E-state index >= 15 is 0 Å². The number of benzene rings is 1. The molecule has 0 saturated heterocycles. The summed E-state index contributed by atoms with van der Waals surface area (Å²) in [6, 6.07) is 10.2. The maximum atomic E-state index is 9.35. The van der Waals surface area contributed by atoms with Gasteiger partial charge in [0.25, 0.3) is 0 Å². The lowest BCUT2D eigenvalue weighted by Gasteiger charge is -2.13. The van der Waals surface area contributed by atoms with Crippen LogP contribution in [0.25, 0.3) is 0 Å². The smallest absolute Gasteiger partial charge is 0.119 e. The van der Waals surface area contributed by atoms with Crippen molar-refractivity contribution in [3.63, 3.8) is 0 Å². The van der Waals surface area contributed by atoms with Crippen LogP contribution in [0, 0.1) is 0 Å². The molecule has 0 spiro atoms. The molecule has 18 heavy (non-hydrogen) atoms. The first-order valence-corrected chi connectivity index (χ1v) is 6.66. The van der Waals surface area contributed by atoms with Crippen LogP contribution in [0.2, 0.25) is 4.34 Å². The summed E-state index contributed by atoms with van der Waals surface area (Å²) in [4.78, 5) is 1.00. The molecule has 2 N–H and O–H groups in total. The fourth-order valence-corrected chi connectivity index (χ4v) is 2.65. The number of hydrogen-bond donors (Lipinski definition) is 2. The Balaban J connectivity index is 1.97. The molecule has 0 fully saturated rings. The Hall–Kier alpha value is -1.23. The molecule has 0 amide bonds. The molecule has 96 valence electrons. The lowest BCUT2D eigenvalue weighted by atomic mass is 10.1. The molecule has 1 heterocycles. The lowest BCUT2D eigenvalue weighted by molar-refractivity contribution is 0.206. The summed E-state index contributed by atoms with van der Waals surface area (Å²) in [7, 11) is 0. The van der Waals surface area contributed by atoms with Crippen molar-refractivity contribution < 1.29 is 14.9 Å². The van der Waals surface area contributed by atoms with E-state index in [4.69, 9.17) is 21.4 Å². The predicted molar refractivity (Wildman–Crippen MR) is 72.8 cm³/mol. The SMILES string of the molecule is OCC(COc1ccc(O)cc1)c1ccc(Cl)s1. The average molecular weight is 285 g/mol. The number of phenolic OH excluding ortho intramolecular Hbond substituents is 1. The van der Waals surface area contributed by atoms with Gasteiger partial charge in [0, 0.05) is 4.88 Å². The van der Waals surface area contributed by atoms with Crippen LogP contribution in [0.4, 0.5) is 0 Å². The summed E-state index contributed by atoms with van der Waals surface area (Å²) < 4.78 is 6.27. The Morgan fingerprint density at radius 2 is 1.89 bits per heavy atom. The van der Waals surface area contributed by atoms with E-state index < -0.39 is 0 Å². The van der Waals surface area contributed by atoms with E-state index in [0.29, 0.717) is 16.7 Å². The van der Waals surface area contributed by atoms with Crippen molar-refractivity contribution in [2.24, 2.45) is 0 Å². The maximum Gasteiger partial charge on any atom is 0.119 e. The molecule has 0 aliphatic carbocycles. The van der Waals surface area contributed by atoms with Crippen molar-refractivity contribution in [1.29, 1.82) is 0 Å². The fraction of sp³-hybridized carbons (Fsp3) is 0.231. The van der Waals surface area contributed by atoms with E-state index in [1.165, 1.54) is 11.3 Å². The highest BCUT2D eigenvalue weighted by Crippen LogP contribution is 2.28. The molecule has 1 aromatic heterocycles. The van der Waals surface area contributed by atoms with E-state index in [-0.39, 0.29) is 18.3 Å². The van der Waals surface area contributed by atoms with Crippen molar-refractivity contribution in [2.75, 3.05) is 13.2 Å². The molecule has 1 unspecified atom stereocenters. The van der Waals surface area contributed by atoms with Crippen LogP contribution < -0.4 is 4.74 Å². The summed E-state index contributed by atoms with van der Waals surface area (Å²) in [5.41, 5.74) is 0. The summed E-state index contributed by atoms with van der Waals surface area (Å²) in [6.45, 7) is 0.382. The highest BCUT2D eigenvalue weighted by molar-refractivity contribution is 7.16. The van der Waals surface area contributed by atoms with Gasteiger partial charge >= 0.3 is 0 Å². The monoisotopic (exact) mass is 284 g/mol. The molecule has 1 aromatic carbocycles. The van der Waals surface area contributed by atoms with Gasteiger partial charge in [-0.3, -0.25) is 0 Å². The van der Waals surface area contributed by atoms with Gasteiger partial charge in [0.2, 0.25) is 0 Å². The van der Waals surface area contributed by atoms with Gasteiger partial charge in [-0.15, -0.1) is 11.3 Å². The minimum atomic E-state index is -0.0868. The fourth-order valence-electron chi connectivity index (χ4n) is 1.51. The number of aromatic hydroxyl groups is 1. The first-order chi connectivity index (χ1) is 8.69. The molecule has 0 saturated carbocycles. The zero-order valence-electron chi connectivity index (χ0n) is 9.54. The molecular formula is C13H13ClO3S. The molecule has 0 radical (unpaired) electrons. The Labute approximate surface area is 114 Å². The quantitative estimate of drug-likeness (QED) is 0.886. The van der Waals surface area contributed by atoms with Gasteiger partial charge in [0.05, 0.1) is 23.5 Å². The van der Waals surface area contributed by atoms with Gasteiger partial charge in [0.1, 0.15) is 11.5 Å². The van der Waals surface area contributed by atoms with Crippen molar-refractivity contribution in [1.82, 2.24) is 0 Å². The number of phenols is 1. The second kappa shape index (κ2) is 6.09. The van der Waals surface area contributed by atoms with E-state index in [0.717, 1.165) is 4.88 Å². The van der Waals surface area contributed by atoms with Crippen molar-refractivity contribution in [3.8, 4) is 11.5 Å². The van der Waals surface area contributed by atoms with Gasteiger partial charge in [-0.2, -0.15) is 0 Å². The van der Waals surface area contributed by atoms with Crippen molar-refractivity contribution in [2.45, 2.75) is 5.92 Å². The molecule has 0 bridgehead atoms. The normalized spacial score (nSPS) is 12.3. The van der Waals surface area contributed by atoms with Crippen LogP contribution in [-0.2, 0) is 0 Å². The van der Waals surface area contributed by atoms with Crippen molar-refractivity contribution >= 4 is 22.9 Å². The highest BCUT2D eigenvalue weighted by Gasteiger charge is 2.13.